The minimum atomic E-state index is -0.653. The Balaban J connectivity index is 2.18. The molecule has 2 aromatic heterocycles. The predicted octanol–water partition coefficient (Wildman–Crippen LogP) is 1.25. The fourth-order valence-corrected chi connectivity index (χ4v) is 2.81. The maximum absolute atomic E-state index is 9.49. The van der Waals surface area contributed by atoms with Crippen LogP contribution in [-0.2, 0) is 4.74 Å². The van der Waals surface area contributed by atoms with Crippen molar-refractivity contribution in [3.05, 3.63) is 6.33 Å². The average Bonchev–Trinajstić information content (AvgIpc) is 2.99. The van der Waals surface area contributed by atoms with Gasteiger partial charge in [0.15, 0.2) is 17.4 Å². The molecule has 0 unspecified atom stereocenters. The van der Waals surface area contributed by atoms with Crippen LogP contribution in [0.2, 0.25) is 0 Å². The summed E-state index contributed by atoms with van der Waals surface area (Å²) < 4.78 is 12.8. The standard InChI is InChI=1S/C13H16N6O2/c1-7-4-13(2,5-14)11(21-7)19-6-16-8-9(19)17-12(15)18-10(8)20-3/h6-7,11H,4H2,1-3H3,(H2,15,17,18)/t7-,11-,13+/m1/s1. The number of rotatable bonds is 2. The molecule has 3 atom stereocenters. The highest BCUT2D eigenvalue weighted by Gasteiger charge is 2.46. The van der Waals surface area contributed by atoms with Crippen LogP contribution in [0.15, 0.2) is 6.33 Å². The largest absolute Gasteiger partial charge is 0.479 e. The Morgan fingerprint density at radius 1 is 1.57 bits per heavy atom. The molecule has 0 amide bonds. The number of nitrogens with zero attached hydrogens (tertiary/aromatic N) is 5. The fraction of sp³-hybridized carbons (Fsp3) is 0.538. The molecule has 8 heteroatoms. The molecule has 1 saturated heterocycles. The zero-order chi connectivity index (χ0) is 15.2. The summed E-state index contributed by atoms with van der Waals surface area (Å²) in [6.07, 6.45) is 1.74. The minimum absolute atomic E-state index is 0.0156. The van der Waals surface area contributed by atoms with Gasteiger partial charge in [0.1, 0.15) is 5.41 Å². The summed E-state index contributed by atoms with van der Waals surface area (Å²) in [5, 5.41) is 9.49. The lowest BCUT2D eigenvalue weighted by molar-refractivity contribution is -0.0134. The number of hydrogen-bond acceptors (Lipinski definition) is 7. The van der Waals surface area contributed by atoms with E-state index in [1.807, 2.05) is 13.8 Å². The van der Waals surface area contributed by atoms with Crippen molar-refractivity contribution in [3.8, 4) is 11.9 Å². The highest BCUT2D eigenvalue weighted by atomic mass is 16.5. The molecule has 8 nitrogen and oxygen atoms in total. The molecular formula is C13H16N6O2. The van der Waals surface area contributed by atoms with E-state index in [0.717, 1.165) is 0 Å². The fourth-order valence-electron chi connectivity index (χ4n) is 2.81. The Bertz CT molecular complexity index is 736. The van der Waals surface area contributed by atoms with E-state index < -0.39 is 11.6 Å². The topological polar surface area (TPSA) is 112 Å². The summed E-state index contributed by atoms with van der Waals surface area (Å²) in [4.78, 5) is 12.5. The van der Waals surface area contributed by atoms with Crippen LogP contribution in [0.3, 0.4) is 0 Å². The van der Waals surface area contributed by atoms with Gasteiger partial charge in [0.25, 0.3) is 0 Å². The van der Waals surface area contributed by atoms with Gasteiger partial charge in [-0.3, -0.25) is 4.57 Å². The van der Waals surface area contributed by atoms with Gasteiger partial charge in [-0.25, -0.2) is 4.98 Å². The summed E-state index contributed by atoms with van der Waals surface area (Å²) >= 11 is 0. The lowest BCUT2D eigenvalue weighted by atomic mass is 9.87. The first-order valence-electron chi connectivity index (χ1n) is 6.59. The molecule has 1 fully saturated rings. The summed E-state index contributed by atoms with van der Waals surface area (Å²) in [6.45, 7) is 3.81. The third-order valence-electron chi connectivity index (χ3n) is 3.73. The van der Waals surface area contributed by atoms with Crippen LogP contribution in [0, 0.1) is 16.7 Å². The van der Waals surface area contributed by atoms with Crippen molar-refractivity contribution < 1.29 is 9.47 Å². The van der Waals surface area contributed by atoms with E-state index in [2.05, 4.69) is 21.0 Å². The van der Waals surface area contributed by atoms with Crippen LogP contribution in [0.4, 0.5) is 5.95 Å². The second kappa shape index (κ2) is 4.56. The molecule has 0 spiro atoms. The number of methoxy groups -OCH3 is 1. The summed E-state index contributed by atoms with van der Waals surface area (Å²) in [5.74, 6) is 0.395. The number of ether oxygens (including phenoxy) is 2. The van der Waals surface area contributed by atoms with Crippen molar-refractivity contribution in [1.82, 2.24) is 19.5 Å². The van der Waals surface area contributed by atoms with Crippen molar-refractivity contribution in [2.24, 2.45) is 5.41 Å². The highest BCUT2D eigenvalue weighted by Crippen LogP contribution is 2.45. The first kappa shape index (κ1) is 13.6. The van der Waals surface area contributed by atoms with Gasteiger partial charge >= 0.3 is 0 Å². The van der Waals surface area contributed by atoms with E-state index in [9.17, 15) is 5.26 Å². The van der Waals surface area contributed by atoms with E-state index in [1.165, 1.54) is 7.11 Å². The molecule has 2 N–H and O–H groups in total. The molecule has 21 heavy (non-hydrogen) atoms. The first-order chi connectivity index (χ1) is 9.98. The molecule has 1 aliphatic rings. The number of nitrogens with two attached hydrogens (primary N) is 1. The Labute approximate surface area is 121 Å². The highest BCUT2D eigenvalue weighted by molar-refractivity contribution is 5.77. The molecule has 1 aliphatic heterocycles. The van der Waals surface area contributed by atoms with Crippen molar-refractivity contribution in [2.45, 2.75) is 32.6 Å². The molecule has 0 bridgehead atoms. The van der Waals surface area contributed by atoms with Crippen LogP contribution in [0.5, 0.6) is 5.88 Å². The molecule has 0 aliphatic carbocycles. The quantitative estimate of drug-likeness (QED) is 0.885. The summed E-state index contributed by atoms with van der Waals surface area (Å²) in [5.41, 5.74) is 6.05. The molecule has 110 valence electrons. The van der Waals surface area contributed by atoms with E-state index in [-0.39, 0.29) is 12.1 Å². The van der Waals surface area contributed by atoms with Gasteiger partial charge in [0.05, 0.1) is 25.6 Å². The van der Waals surface area contributed by atoms with E-state index in [4.69, 9.17) is 15.2 Å². The van der Waals surface area contributed by atoms with E-state index >= 15 is 0 Å². The molecule has 0 saturated carbocycles. The van der Waals surface area contributed by atoms with Crippen molar-refractivity contribution in [3.63, 3.8) is 0 Å². The zero-order valence-electron chi connectivity index (χ0n) is 12.1. The minimum Gasteiger partial charge on any atom is -0.479 e. The molecule has 2 aromatic rings. The van der Waals surface area contributed by atoms with Crippen LogP contribution in [0.1, 0.15) is 26.5 Å². The van der Waals surface area contributed by atoms with Gasteiger partial charge in [-0.05, 0) is 20.3 Å². The zero-order valence-corrected chi connectivity index (χ0v) is 12.1. The van der Waals surface area contributed by atoms with Crippen molar-refractivity contribution >= 4 is 17.1 Å². The summed E-state index contributed by atoms with van der Waals surface area (Å²) in [6, 6.07) is 2.34. The first-order valence-corrected chi connectivity index (χ1v) is 6.59. The second-order valence-electron chi connectivity index (χ2n) is 5.45. The average molecular weight is 288 g/mol. The summed E-state index contributed by atoms with van der Waals surface area (Å²) in [7, 11) is 1.49. The number of aromatic nitrogens is 4. The number of hydrogen-bond donors (Lipinski definition) is 1. The maximum atomic E-state index is 9.49. The Hall–Kier alpha value is -2.40. The number of fused-ring (bicyclic) bond motifs is 1. The van der Waals surface area contributed by atoms with Gasteiger partial charge in [-0.2, -0.15) is 15.2 Å². The normalized spacial score (nSPS) is 28.7. The Morgan fingerprint density at radius 3 is 3.00 bits per heavy atom. The van der Waals surface area contributed by atoms with Crippen molar-refractivity contribution in [2.75, 3.05) is 12.8 Å². The van der Waals surface area contributed by atoms with Crippen LogP contribution in [-0.4, -0.2) is 32.7 Å². The number of anilines is 1. The van der Waals surface area contributed by atoms with E-state index in [0.29, 0.717) is 23.5 Å². The lowest BCUT2D eigenvalue weighted by Crippen LogP contribution is -2.24. The molecule has 3 heterocycles. The van der Waals surface area contributed by atoms with Gasteiger partial charge in [-0.15, -0.1) is 0 Å². The van der Waals surface area contributed by atoms with Crippen LogP contribution < -0.4 is 10.5 Å². The number of nitrogen functional groups attached to an aromatic ring is 1. The van der Waals surface area contributed by atoms with E-state index in [1.54, 1.807) is 10.9 Å². The molecule has 0 radical (unpaired) electrons. The maximum Gasteiger partial charge on any atom is 0.246 e. The van der Waals surface area contributed by atoms with Gasteiger partial charge in [-0.1, -0.05) is 0 Å². The SMILES string of the molecule is COc1nc(N)nc2c1ncn2[C@@H]1O[C@H](C)C[C@@]1(C)C#N. The van der Waals surface area contributed by atoms with Crippen LogP contribution in [0.25, 0.3) is 11.2 Å². The number of imidazole rings is 1. The Morgan fingerprint density at radius 2 is 2.33 bits per heavy atom. The molecular weight excluding hydrogens is 272 g/mol. The smallest absolute Gasteiger partial charge is 0.246 e. The third-order valence-corrected chi connectivity index (χ3v) is 3.73. The molecule has 0 aromatic carbocycles. The Kier molecular flexibility index (Phi) is 2.95. The second-order valence-corrected chi connectivity index (χ2v) is 5.45. The molecule has 3 rings (SSSR count). The van der Waals surface area contributed by atoms with Gasteiger partial charge in [0.2, 0.25) is 11.8 Å². The van der Waals surface area contributed by atoms with Crippen molar-refractivity contribution in [1.29, 1.82) is 5.26 Å². The lowest BCUT2D eigenvalue weighted by Gasteiger charge is -2.23. The van der Waals surface area contributed by atoms with Crippen LogP contribution >= 0.6 is 0 Å². The number of nitriles is 1. The van der Waals surface area contributed by atoms with Gasteiger partial charge in [0, 0.05) is 0 Å². The predicted molar refractivity (Wildman–Crippen MR) is 74.2 cm³/mol. The third kappa shape index (κ3) is 1.97. The monoisotopic (exact) mass is 288 g/mol. The van der Waals surface area contributed by atoms with Gasteiger partial charge < -0.3 is 15.2 Å².